The molecule has 0 heterocycles. The Bertz CT molecular complexity index is 272. The van der Waals surface area contributed by atoms with Gasteiger partial charge in [-0.1, -0.05) is 6.92 Å². The zero-order valence-electron chi connectivity index (χ0n) is 8.82. The molecule has 0 spiro atoms. The third-order valence-electron chi connectivity index (χ3n) is 1.88. The number of nitriles is 1. The summed E-state index contributed by atoms with van der Waals surface area (Å²) in [6.45, 7) is 1.54. The van der Waals surface area contributed by atoms with E-state index in [-0.39, 0.29) is 18.9 Å². The van der Waals surface area contributed by atoms with Gasteiger partial charge in [0.2, 0.25) is 11.8 Å². The lowest BCUT2D eigenvalue weighted by Gasteiger charge is -2.19. The number of carbonyl (C=O) groups is 2. The van der Waals surface area contributed by atoms with Crippen molar-refractivity contribution < 1.29 is 14.3 Å². The zero-order chi connectivity index (χ0) is 11.8. The highest BCUT2D eigenvalue weighted by molar-refractivity contribution is 5.87. The molecule has 6 heteroatoms. The first-order chi connectivity index (χ1) is 7.02. The third-order valence-corrected chi connectivity index (χ3v) is 1.88. The molecule has 84 valence electrons. The summed E-state index contributed by atoms with van der Waals surface area (Å²) >= 11 is 0. The molecule has 0 aromatic heterocycles. The largest absolute Gasteiger partial charge is 0.375 e. The minimum absolute atomic E-state index is 0.136. The fourth-order valence-corrected chi connectivity index (χ4v) is 1.10. The van der Waals surface area contributed by atoms with Crippen LogP contribution in [0.3, 0.4) is 0 Å². The molecule has 3 N–H and O–H groups in total. The first-order valence-electron chi connectivity index (χ1n) is 4.47. The molecule has 0 unspecified atom stereocenters. The molecule has 2 amide bonds. The predicted molar refractivity (Wildman–Crippen MR) is 52.4 cm³/mol. The van der Waals surface area contributed by atoms with Gasteiger partial charge >= 0.3 is 0 Å². The van der Waals surface area contributed by atoms with Crippen LogP contribution in [0, 0.1) is 17.2 Å². The van der Waals surface area contributed by atoms with Crippen molar-refractivity contribution in [2.75, 3.05) is 13.7 Å². The second kappa shape index (κ2) is 6.79. The summed E-state index contributed by atoms with van der Waals surface area (Å²) in [6.07, 6.45) is 0.154. The summed E-state index contributed by atoms with van der Waals surface area (Å²) in [7, 11) is 1.37. The number of amides is 2. The molecule has 0 aliphatic carbocycles. The van der Waals surface area contributed by atoms with Crippen molar-refractivity contribution >= 4 is 11.8 Å². The van der Waals surface area contributed by atoms with Gasteiger partial charge in [0, 0.05) is 13.5 Å². The van der Waals surface area contributed by atoms with Gasteiger partial charge in [-0.25, -0.2) is 0 Å². The molecular formula is C9H15N3O3. The fraction of sp³-hybridized carbons (Fsp3) is 0.667. The molecule has 0 aromatic rings. The van der Waals surface area contributed by atoms with Gasteiger partial charge in [-0.15, -0.1) is 0 Å². The Labute approximate surface area is 88.4 Å². The van der Waals surface area contributed by atoms with Crippen LogP contribution >= 0.6 is 0 Å². The minimum Gasteiger partial charge on any atom is -0.375 e. The highest BCUT2D eigenvalue weighted by Crippen LogP contribution is 2.06. The van der Waals surface area contributed by atoms with Crippen molar-refractivity contribution in [1.29, 1.82) is 5.26 Å². The van der Waals surface area contributed by atoms with E-state index in [1.54, 1.807) is 6.92 Å². The number of nitrogens with one attached hydrogen (secondary N) is 1. The van der Waals surface area contributed by atoms with Crippen LogP contribution in [0.25, 0.3) is 0 Å². The number of hydrogen-bond donors (Lipinski definition) is 2. The van der Waals surface area contributed by atoms with E-state index in [4.69, 9.17) is 11.0 Å². The maximum absolute atomic E-state index is 11.1. The lowest BCUT2D eigenvalue weighted by Crippen LogP contribution is -2.49. The highest BCUT2D eigenvalue weighted by Gasteiger charge is 2.24. The summed E-state index contributed by atoms with van der Waals surface area (Å²) in [4.78, 5) is 22.2. The molecular weight excluding hydrogens is 198 g/mol. The zero-order valence-corrected chi connectivity index (χ0v) is 8.82. The Morgan fingerprint density at radius 3 is 2.60 bits per heavy atom. The van der Waals surface area contributed by atoms with Crippen LogP contribution in [0.15, 0.2) is 0 Å². The standard InChI is InChI=1S/C9H15N3O3/c1-6(3-4-10)8(9(11)14)12-7(13)5-15-2/h6,8H,3,5H2,1-2H3,(H2,11,14)(H,12,13)/t6-,8+/m1/s1. The number of methoxy groups -OCH3 is 1. The van der Waals surface area contributed by atoms with Crippen LogP contribution in [0.4, 0.5) is 0 Å². The van der Waals surface area contributed by atoms with Crippen molar-refractivity contribution in [3.63, 3.8) is 0 Å². The smallest absolute Gasteiger partial charge is 0.246 e. The highest BCUT2D eigenvalue weighted by atomic mass is 16.5. The van der Waals surface area contributed by atoms with Gasteiger partial charge in [0.25, 0.3) is 0 Å². The first kappa shape index (κ1) is 13.4. The Kier molecular flexibility index (Phi) is 6.06. The molecule has 0 aromatic carbocycles. The second-order valence-electron chi connectivity index (χ2n) is 3.22. The fourth-order valence-electron chi connectivity index (χ4n) is 1.10. The molecule has 0 aliphatic heterocycles. The lowest BCUT2D eigenvalue weighted by molar-refractivity contribution is -0.130. The number of hydrogen-bond acceptors (Lipinski definition) is 4. The van der Waals surface area contributed by atoms with E-state index in [2.05, 4.69) is 10.1 Å². The monoisotopic (exact) mass is 213 g/mol. The van der Waals surface area contributed by atoms with Crippen LogP contribution in [-0.2, 0) is 14.3 Å². The van der Waals surface area contributed by atoms with Gasteiger partial charge in [0.05, 0.1) is 6.07 Å². The van der Waals surface area contributed by atoms with E-state index in [9.17, 15) is 9.59 Å². The van der Waals surface area contributed by atoms with Crippen LogP contribution in [-0.4, -0.2) is 31.6 Å². The van der Waals surface area contributed by atoms with Gasteiger partial charge in [-0.05, 0) is 5.92 Å². The first-order valence-corrected chi connectivity index (χ1v) is 4.47. The Balaban J connectivity index is 4.35. The quantitative estimate of drug-likeness (QED) is 0.599. The summed E-state index contributed by atoms with van der Waals surface area (Å²) in [5, 5.41) is 10.9. The lowest BCUT2D eigenvalue weighted by atomic mass is 9.98. The van der Waals surface area contributed by atoms with E-state index in [0.717, 1.165) is 0 Å². The van der Waals surface area contributed by atoms with Crippen LogP contribution < -0.4 is 11.1 Å². The minimum atomic E-state index is -0.827. The average molecular weight is 213 g/mol. The Morgan fingerprint density at radius 1 is 1.60 bits per heavy atom. The number of carbonyl (C=O) groups excluding carboxylic acids is 2. The Morgan fingerprint density at radius 2 is 2.20 bits per heavy atom. The number of rotatable bonds is 6. The molecule has 0 saturated heterocycles. The van der Waals surface area contributed by atoms with Gasteiger partial charge in [-0.2, -0.15) is 5.26 Å². The third kappa shape index (κ3) is 4.98. The Hall–Kier alpha value is -1.61. The number of primary amides is 1. The van der Waals surface area contributed by atoms with Crippen LogP contribution in [0.5, 0.6) is 0 Å². The van der Waals surface area contributed by atoms with Crippen molar-refractivity contribution in [1.82, 2.24) is 5.32 Å². The number of nitrogens with two attached hydrogens (primary N) is 1. The predicted octanol–water partition coefficient (Wildman–Crippen LogP) is -0.847. The normalized spacial score (nSPS) is 13.7. The second-order valence-corrected chi connectivity index (χ2v) is 3.22. The summed E-state index contributed by atoms with van der Waals surface area (Å²) in [5.41, 5.74) is 5.11. The van der Waals surface area contributed by atoms with Crippen molar-refractivity contribution in [2.45, 2.75) is 19.4 Å². The van der Waals surface area contributed by atoms with Crippen LogP contribution in [0.1, 0.15) is 13.3 Å². The van der Waals surface area contributed by atoms with Gasteiger partial charge in [0.15, 0.2) is 0 Å². The summed E-state index contributed by atoms with van der Waals surface area (Å²) in [5.74, 6) is -1.39. The molecule has 0 saturated carbocycles. The molecule has 15 heavy (non-hydrogen) atoms. The number of ether oxygens (including phenoxy) is 1. The van der Waals surface area contributed by atoms with Gasteiger partial charge in [-0.3, -0.25) is 9.59 Å². The topological polar surface area (TPSA) is 105 Å². The number of nitrogens with zero attached hydrogens (tertiary/aromatic N) is 1. The maximum atomic E-state index is 11.1. The molecule has 0 rings (SSSR count). The van der Waals surface area contributed by atoms with Crippen molar-refractivity contribution in [3.8, 4) is 6.07 Å². The molecule has 2 atom stereocenters. The van der Waals surface area contributed by atoms with Crippen molar-refractivity contribution in [3.05, 3.63) is 0 Å². The van der Waals surface area contributed by atoms with Gasteiger partial charge < -0.3 is 15.8 Å². The average Bonchev–Trinajstić information content (AvgIpc) is 2.14. The van der Waals surface area contributed by atoms with Gasteiger partial charge in [0.1, 0.15) is 12.6 Å². The molecule has 0 aliphatic rings. The SMILES string of the molecule is COCC(=O)N[C@H](C(N)=O)[C@H](C)CC#N. The van der Waals surface area contributed by atoms with E-state index in [0.29, 0.717) is 0 Å². The van der Waals surface area contributed by atoms with E-state index >= 15 is 0 Å². The van der Waals surface area contributed by atoms with E-state index < -0.39 is 17.9 Å². The molecule has 0 fully saturated rings. The maximum Gasteiger partial charge on any atom is 0.246 e. The molecule has 0 radical (unpaired) electrons. The summed E-state index contributed by atoms with van der Waals surface area (Å²) in [6, 6.07) is 1.09. The summed E-state index contributed by atoms with van der Waals surface area (Å²) < 4.78 is 4.59. The van der Waals surface area contributed by atoms with Crippen LogP contribution in [0.2, 0.25) is 0 Å². The molecule has 6 nitrogen and oxygen atoms in total. The van der Waals surface area contributed by atoms with Crippen molar-refractivity contribution in [2.24, 2.45) is 11.7 Å². The van der Waals surface area contributed by atoms with E-state index in [1.165, 1.54) is 7.11 Å². The molecule has 0 bridgehead atoms. The van der Waals surface area contributed by atoms with E-state index in [1.807, 2.05) is 6.07 Å².